The third-order valence-electron chi connectivity index (χ3n) is 4.32. The number of hydrogen-bond acceptors (Lipinski definition) is 4. The third-order valence-corrected chi connectivity index (χ3v) is 4.32. The first kappa shape index (κ1) is 19.4. The van der Waals surface area contributed by atoms with Crippen molar-refractivity contribution in [3.8, 4) is 11.6 Å². The number of halogens is 3. The van der Waals surface area contributed by atoms with E-state index in [9.17, 15) is 18.0 Å². The number of carbonyl (C=O) groups excluding carboxylic acids is 1. The zero-order chi connectivity index (χ0) is 21.1. The van der Waals surface area contributed by atoms with Gasteiger partial charge in [-0.15, -0.1) is 0 Å². The van der Waals surface area contributed by atoms with Crippen molar-refractivity contribution in [2.24, 2.45) is 0 Å². The van der Waals surface area contributed by atoms with Gasteiger partial charge in [0.15, 0.2) is 0 Å². The maximum absolute atomic E-state index is 12.9. The third kappa shape index (κ3) is 4.22. The molecule has 0 unspecified atom stereocenters. The fourth-order valence-electron chi connectivity index (χ4n) is 2.95. The Morgan fingerprint density at radius 2 is 1.80 bits per heavy atom. The Bertz CT molecular complexity index is 1210. The van der Waals surface area contributed by atoms with Crippen molar-refractivity contribution in [3.05, 3.63) is 90.4 Å². The van der Waals surface area contributed by atoms with Crippen LogP contribution in [0.2, 0.25) is 0 Å². The van der Waals surface area contributed by atoms with E-state index in [0.29, 0.717) is 22.6 Å². The Kier molecular flexibility index (Phi) is 5.05. The van der Waals surface area contributed by atoms with Gasteiger partial charge in [-0.05, 0) is 53.2 Å². The van der Waals surface area contributed by atoms with Crippen molar-refractivity contribution < 1.29 is 22.7 Å². The van der Waals surface area contributed by atoms with E-state index in [2.05, 4.69) is 15.3 Å². The molecule has 4 aromatic rings. The molecule has 30 heavy (non-hydrogen) atoms. The highest BCUT2D eigenvalue weighted by Crippen LogP contribution is 2.31. The van der Waals surface area contributed by atoms with Gasteiger partial charge in [-0.3, -0.25) is 4.79 Å². The molecule has 0 atom stereocenters. The maximum atomic E-state index is 12.9. The standard InChI is InChI=1S/C22H14F3N3O2/c23-22(24,25)15-4-2-5-16(12-15)28-21(29)19-6-1-3-14-11-17(7-8-18(14)19)30-20-9-10-26-13-27-20/h1-13H,(H,28,29). The number of nitrogens with zero attached hydrogens (tertiary/aromatic N) is 2. The van der Waals surface area contributed by atoms with Crippen LogP contribution in [0.25, 0.3) is 10.8 Å². The summed E-state index contributed by atoms with van der Waals surface area (Å²) in [4.78, 5) is 20.5. The molecule has 5 nitrogen and oxygen atoms in total. The molecule has 0 fully saturated rings. The molecule has 1 N–H and O–H groups in total. The Morgan fingerprint density at radius 1 is 0.967 bits per heavy atom. The van der Waals surface area contributed by atoms with Gasteiger partial charge >= 0.3 is 6.18 Å². The van der Waals surface area contributed by atoms with Crippen LogP contribution < -0.4 is 10.1 Å². The van der Waals surface area contributed by atoms with E-state index in [0.717, 1.165) is 17.5 Å². The molecule has 0 aliphatic carbocycles. The summed E-state index contributed by atoms with van der Waals surface area (Å²) in [6.45, 7) is 0. The van der Waals surface area contributed by atoms with Crippen LogP contribution >= 0.6 is 0 Å². The summed E-state index contributed by atoms with van der Waals surface area (Å²) in [5.41, 5.74) is -0.432. The smallest absolute Gasteiger partial charge is 0.416 e. The van der Waals surface area contributed by atoms with E-state index in [4.69, 9.17) is 4.74 Å². The molecular weight excluding hydrogens is 395 g/mol. The molecule has 0 bridgehead atoms. The van der Waals surface area contributed by atoms with Gasteiger partial charge in [-0.25, -0.2) is 9.97 Å². The Hall–Kier alpha value is -3.94. The van der Waals surface area contributed by atoms with Crippen molar-refractivity contribution in [2.45, 2.75) is 6.18 Å². The minimum absolute atomic E-state index is 0.0653. The molecule has 0 aliphatic rings. The number of rotatable bonds is 4. The number of carbonyl (C=O) groups is 1. The first-order valence-electron chi connectivity index (χ1n) is 8.85. The number of benzene rings is 3. The molecule has 3 aromatic carbocycles. The van der Waals surface area contributed by atoms with E-state index in [-0.39, 0.29) is 5.69 Å². The Balaban J connectivity index is 1.60. The van der Waals surface area contributed by atoms with Crippen LogP contribution in [0.5, 0.6) is 11.6 Å². The molecule has 8 heteroatoms. The molecule has 0 radical (unpaired) electrons. The summed E-state index contributed by atoms with van der Waals surface area (Å²) in [6, 6.07) is 16.4. The van der Waals surface area contributed by atoms with Gasteiger partial charge in [0.2, 0.25) is 5.88 Å². The zero-order valence-electron chi connectivity index (χ0n) is 15.4. The molecule has 0 saturated heterocycles. The fraction of sp³-hybridized carbons (Fsp3) is 0.0455. The number of aromatic nitrogens is 2. The molecule has 0 saturated carbocycles. The fourth-order valence-corrected chi connectivity index (χ4v) is 2.95. The van der Waals surface area contributed by atoms with E-state index in [1.54, 1.807) is 42.6 Å². The molecule has 150 valence electrons. The second-order valence-corrected chi connectivity index (χ2v) is 6.37. The summed E-state index contributed by atoms with van der Waals surface area (Å²) >= 11 is 0. The molecular formula is C22H14F3N3O2. The van der Waals surface area contributed by atoms with Gasteiger partial charge in [-0.2, -0.15) is 13.2 Å². The van der Waals surface area contributed by atoms with Crippen molar-refractivity contribution in [2.75, 3.05) is 5.32 Å². The van der Waals surface area contributed by atoms with Crippen molar-refractivity contribution in [1.29, 1.82) is 0 Å². The van der Waals surface area contributed by atoms with Gasteiger partial charge in [0.05, 0.1) is 5.56 Å². The van der Waals surface area contributed by atoms with Crippen LogP contribution in [0.1, 0.15) is 15.9 Å². The number of fused-ring (bicyclic) bond motifs is 1. The molecule has 0 spiro atoms. The molecule has 1 heterocycles. The lowest BCUT2D eigenvalue weighted by Crippen LogP contribution is -2.13. The van der Waals surface area contributed by atoms with E-state index in [1.807, 2.05) is 6.07 Å². The average Bonchev–Trinajstić information content (AvgIpc) is 2.73. The largest absolute Gasteiger partial charge is 0.439 e. The van der Waals surface area contributed by atoms with E-state index < -0.39 is 17.6 Å². The quantitative estimate of drug-likeness (QED) is 0.470. The first-order chi connectivity index (χ1) is 14.4. The van der Waals surface area contributed by atoms with Crippen molar-refractivity contribution in [3.63, 3.8) is 0 Å². The second-order valence-electron chi connectivity index (χ2n) is 6.37. The number of ether oxygens (including phenoxy) is 1. The second kappa shape index (κ2) is 7.82. The summed E-state index contributed by atoms with van der Waals surface area (Å²) in [6.07, 6.45) is -1.56. The average molecular weight is 409 g/mol. The van der Waals surface area contributed by atoms with Crippen molar-refractivity contribution in [1.82, 2.24) is 9.97 Å². The highest BCUT2D eigenvalue weighted by atomic mass is 19.4. The van der Waals surface area contributed by atoms with Crippen LogP contribution in [0, 0.1) is 0 Å². The van der Waals surface area contributed by atoms with E-state index in [1.165, 1.54) is 18.5 Å². The normalized spacial score (nSPS) is 11.3. The number of alkyl halides is 3. The van der Waals surface area contributed by atoms with E-state index >= 15 is 0 Å². The minimum Gasteiger partial charge on any atom is -0.439 e. The van der Waals surface area contributed by atoms with Crippen molar-refractivity contribution >= 4 is 22.4 Å². The van der Waals surface area contributed by atoms with Gasteiger partial charge in [-0.1, -0.05) is 18.2 Å². The summed E-state index contributed by atoms with van der Waals surface area (Å²) in [7, 11) is 0. The minimum atomic E-state index is -4.49. The number of nitrogens with one attached hydrogen (secondary N) is 1. The SMILES string of the molecule is O=C(Nc1cccc(C(F)(F)F)c1)c1cccc2cc(Oc3ccncn3)ccc12. The predicted molar refractivity (Wildman–Crippen MR) is 105 cm³/mol. The number of hydrogen-bond donors (Lipinski definition) is 1. The van der Waals surface area contributed by atoms with Gasteiger partial charge in [0.1, 0.15) is 12.1 Å². The summed E-state index contributed by atoms with van der Waals surface area (Å²) in [5, 5.41) is 3.90. The lowest BCUT2D eigenvalue weighted by atomic mass is 10.0. The molecule has 1 amide bonds. The monoisotopic (exact) mass is 409 g/mol. The van der Waals surface area contributed by atoms with Crippen LogP contribution in [-0.2, 0) is 6.18 Å². The van der Waals surface area contributed by atoms with Gasteiger partial charge in [0.25, 0.3) is 5.91 Å². The number of anilines is 1. The Labute approximate surface area is 169 Å². The van der Waals surface area contributed by atoms with Crippen LogP contribution in [-0.4, -0.2) is 15.9 Å². The summed E-state index contributed by atoms with van der Waals surface area (Å²) in [5.74, 6) is 0.392. The zero-order valence-corrected chi connectivity index (χ0v) is 15.4. The Morgan fingerprint density at radius 3 is 2.57 bits per heavy atom. The van der Waals surface area contributed by atoms with Crippen LogP contribution in [0.15, 0.2) is 79.3 Å². The number of amides is 1. The van der Waals surface area contributed by atoms with Gasteiger partial charge in [0, 0.05) is 23.5 Å². The lowest BCUT2D eigenvalue weighted by molar-refractivity contribution is -0.137. The predicted octanol–water partition coefficient (Wildman–Crippen LogP) is 5.69. The topological polar surface area (TPSA) is 64.1 Å². The first-order valence-corrected chi connectivity index (χ1v) is 8.85. The molecule has 0 aliphatic heterocycles. The highest BCUT2D eigenvalue weighted by Gasteiger charge is 2.30. The molecule has 4 rings (SSSR count). The van der Waals surface area contributed by atoms with Crippen LogP contribution in [0.4, 0.5) is 18.9 Å². The maximum Gasteiger partial charge on any atom is 0.416 e. The van der Waals surface area contributed by atoms with Gasteiger partial charge < -0.3 is 10.1 Å². The molecule has 1 aromatic heterocycles. The summed E-state index contributed by atoms with van der Waals surface area (Å²) < 4.78 is 44.4. The lowest BCUT2D eigenvalue weighted by Gasteiger charge is -2.12. The highest BCUT2D eigenvalue weighted by molar-refractivity contribution is 6.13. The van der Waals surface area contributed by atoms with Crippen LogP contribution in [0.3, 0.4) is 0 Å².